The van der Waals surface area contributed by atoms with Crippen molar-refractivity contribution in [2.45, 2.75) is 44.7 Å². The summed E-state index contributed by atoms with van der Waals surface area (Å²) < 4.78 is 0. The lowest BCUT2D eigenvalue weighted by molar-refractivity contribution is 1.02. The van der Waals surface area contributed by atoms with Crippen LogP contribution in [0.5, 0.6) is 0 Å². The molecule has 2 rings (SSSR count). The first-order chi connectivity index (χ1) is 9.92. The normalized spacial score (nSPS) is 12.4. The number of nitrogens with zero attached hydrogens (tertiary/aromatic N) is 2. The van der Waals surface area contributed by atoms with Crippen molar-refractivity contribution in [3.05, 3.63) is 49.1 Å². The number of hydrogen-bond acceptors (Lipinski definition) is 2. The molecule has 0 aromatic carbocycles. The number of hydrogen-bond donors (Lipinski definition) is 0. The van der Waals surface area contributed by atoms with Gasteiger partial charge in [-0.15, -0.1) is 0 Å². The standard InChI is InChI=1S/C17H26N2Si2/c1-20(2,16-6-10-18-11-7-16)14-5-15-21(3,4)17-8-12-19-13-9-17/h6-13H,5,14-15H2,1-4H3. The van der Waals surface area contributed by atoms with Gasteiger partial charge in [0.1, 0.15) is 0 Å². The van der Waals surface area contributed by atoms with Crippen LogP contribution in [0.3, 0.4) is 0 Å². The molecule has 0 atom stereocenters. The Hall–Kier alpha value is -1.27. The molecule has 112 valence electrons. The molecule has 0 bridgehead atoms. The third-order valence-corrected chi connectivity index (χ3v) is 11.5. The van der Waals surface area contributed by atoms with E-state index in [2.05, 4.69) is 60.4 Å². The maximum absolute atomic E-state index is 4.14. The molecule has 0 unspecified atom stereocenters. The van der Waals surface area contributed by atoms with E-state index in [1.54, 1.807) is 0 Å². The maximum Gasteiger partial charge on any atom is 0.0807 e. The summed E-state index contributed by atoms with van der Waals surface area (Å²) in [6, 6.07) is 11.5. The second-order valence-electron chi connectivity index (χ2n) is 7.09. The lowest BCUT2D eigenvalue weighted by atomic mass is 10.5. The van der Waals surface area contributed by atoms with Gasteiger partial charge in [0, 0.05) is 24.8 Å². The zero-order valence-corrected chi connectivity index (χ0v) is 15.6. The molecule has 0 N–H and O–H groups in total. The minimum absolute atomic E-state index is 1.31. The van der Waals surface area contributed by atoms with Gasteiger partial charge in [-0.05, 0) is 24.3 Å². The molecule has 0 aliphatic carbocycles. The van der Waals surface area contributed by atoms with E-state index in [1.807, 2.05) is 24.8 Å². The van der Waals surface area contributed by atoms with Gasteiger partial charge >= 0.3 is 0 Å². The van der Waals surface area contributed by atoms with E-state index in [4.69, 9.17) is 0 Å². The minimum atomic E-state index is -1.31. The predicted octanol–water partition coefficient (Wildman–Crippen LogP) is 3.40. The molecule has 4 heteroatoms. The average Bonchev–Trinajstić information content (AvgIpc) is 2.49. The van der Waals surface area contributed by atoms with Crippen molar-refractivity contribution in [2.24, 2.45) is 0 Å². The smallest absolute Gasteiger partial charge is 0.0807 e. The van der Waals surface area contributed by atoms with E-state index in [1.165, 1.54) is 28.9 Å². The molecule has 2 nitrogen and oxygen atoms in total. The van der Waals surface area contributed by atoms with Crippen molar-refractivity contribution < 1.29 is 0 Å². The van der Waals surface area contributed by atoms with Gasteiger partial charge in [-0.3, -0.25) is 9.97 Å². The third-order valence-electron chi connectivity index (χ3n) is 4.53. The van der Waals surface area contributed by atoms with Crippen molar-refractivity contribution in [2.75, 3.05) is 0 Å². The first-order valence-corrected chi connectivity index (χ1v) is 14.1. The van der Waals surface area contributed by atoms with Crippen LogP contribution in [-0.4, -0.2) is 26.1 Å². The Kier molecular flexibility index (Phi) is 5.11. The molecule has 2 aromatic rings. The van der Waals surface area contributed by atoms with E-state index < -0.39 is 16.1 Å². The van der Waals surface area contributed by atoms with Crippen LogP contribution >= 0.6 is 0 Å². The number of aromatic nitrogens is 2. The van der Waals surface area contributed by atoms with Gasteiger partial charge in [-0.1, -0.05) is 55.1 Å². The average molecular weight is 315 g/mol. The highest BCUT2D eigenvalue weighted by Gasteiger charge is 2.27. The van der Waals surface area contributed by atoms with Gasteiger partial charge in [0.2, 0.25) is 0 Å². The van der Waals surface area contributed by atoms with Crippen LogP contribution in [0.15, 0.2) is 49.1 Å². The fraction of sp³-hybridized carbons (Fsp3) is 0.412. The maximum atomic E-state index is 4.14. The highest BCUT2D eigenvalue weighted by atomic mass is 28.3. The zero-order valence-electron chi connectivity index (χ0n) is 13.6. The number of pyridine rings is 2. The summed E-state index contributed by atoms with van der Waals surface area (Å²) in [7, 11) is -2.62. The van der Waals surface area contributed by atoms with Gasteiger partial charge in [-0.25, -0.2) is 0 Å². The summed E-state index contributed by atoms with van der Waals surface area (Å²) in [5, 5.41) is 3.06. The van der Waals surface area contributed by atoms with Crippen LogP contribution in [0.1, 0.15) is 6.42 Å². The Labute approximate surface area is 130 Å². The molecule has 0 fully saturated rings. The van der Waals surface area contributed by atoms with Crippen molar-refractivity contribution in [1.82, 2.24) is 9.97 Å². The molecule has 0 spiro atoms. The van der Waals surface area contributed by atoms with Crippen molar-refractivity contribution in [3.8, 4) is 0 Å². The molecule has 0 amide bonds. The lowest BCUT2D eigenvalue weighted by Crippen LogP contribution is -2.44. The SMILES string of the molecule is C[Si](C)(CCC[Si](C)(C)c1ccncc1)c1ccncc1. The Morgan fingerprint density at radius 3 is 1.33 bits per heavy atom. The molecule has 0 radical (unpaired) electrons. The molecule has 21 heavy (non-hydrogen) atoms. The highest BCUT2D eigenvalue weighted by Crippen LogP contribution is 2.19. The van der Waals surface area contributed by atoms with E-state index >= 15 is 0 Å². The van der Waals surface area contributed by atoms with Gasteiger partial charge in [0.05, 0.1) is 16.1 Å². The largest absolute Gasteiger partial charge is 0.265 e. The van der Waals surface area contributed by atoms with E-state index in [9.17, 15) is 0 Å². The van der Waals surface area contributed by atoms with Crippen LogP contribution in [0, 0.1) is 0 Å². The molecule has 0 saturated carbocycles. The summed E-state index contributed by atoms with van der Waals surface area (Å²) in [6.45, 7) is 9.90. The third kappa shape index (κ3) is 4.35. The quantitative estimate of drug-likeness (QED) is 0.764. The van der Waals surface area contributed by atoms with E-state index in [0.717, 1.165) is 0 Å². The van der Waals surface area contributed by atoms with Gasteiger partial charge in [0.25, 0.3) is 0 Å². The Morgan fingerprint density at radius 1 is 0.667 bits per heavy atom. The summed E-state index contributed by atoms with van der Waals surface area (Å²) in [6.07, 6.45) is 9.06. The minimum Gasteiger partial charge on any atom is -0.265 e. The molecule has 2 heterocycles. The second-order valence-corrected chi connectivity index (χ2v) is 16.8. The molecule has 2 aromatic heterocycles. The molecule has 0 aliphatic rings. The first-order valence-electron chi connectivity index (χ1n) is 7.73. The van der Waals surface area contributed by atoms with E-state index in [0.29, 0.717) is 0 Å². The topological polar surface area (TPSA) is 25.8 Å². The Morgan fingerprint density at radius 2 is 1.00 bits per heavy atom. The summed E-state index contributed by atoms with van der Waals surface area (Å²) in [4.78, 5) is 8.28. The van der Waals surface area contributed by atoms with Crippen molar-refractivity contribution in [1.29, 1.82) is 0 Å². The monoisotopic (exact) mass is 314 g/mol. The molecule has 0 saturated heterocycles. The Bertz CT molecular complexity index is 502. The summed E-state index contributed by atoms with van der Waals surface area (Å²) >= 11 is 0. The van der Waals surface area contributed by atoms with Crippen LogP contribution in [0.2, 0.25) is 38.3 Å². The first kappa shape index (κ1) is 16.1. The fourth-order valence-electron chi connectivity index (χ4n) is 2.87. The molecular formula is C17H26N2Si2. The van der Waals surface area contributed by atoms with E-state index in [-0.39, 0.29) is 0 Å². The number of rotatable bonds is 6. The van der Waals surface area contributed by atoms with Crippen LogP contribution in [0.4, 0.5) is 0 Å². The van der Waals surface area contributed by atoms with Crippen molar-refractivity contribution in [3.63, 3.8) is 0 Å². The predicted molar refractivity (Wildman–Crippen MR) is 96.9 cm³/mol. The molecule has 0 aliphatic heterocycles. The van der Waals surface area contributed by atoms with Gasteiger partial charge in [0.15, 0.2) is 0 Å². The van der Waals surface area contributed by atoms with Crippen LogP contribution < -0.4 is 10.4 Å². The zero-order chi connectivity index (χ0) is 15.3. The van der Waals surface area contributed by atoms with Crippen LogP contribution in [0.25, 0.3) is 0 Å². The van der Waals surface area contributed by atoms with Crippen molar-refractivity contribution >= 4 is 26.5 Å². The van der Waals surface area contributed by atoms with Crippen LogP contribution in [-0.2, 0) is 0 Å². The fourth-order valence-corrected chi connectivity index (χ4v) is 8.02. The van der Waals surface area contributed by atoms with Gasteiger partial charge in [-0.2, -0.15) is 0 Å². The van der Waals surface area contributed by atoms with Gasteiger partial charge < -0.3 is 0 Å². The Balaban J connectivity index is 1.95. The summed E-state index contributed by atoms with van der Waals surface area (Å²) in [5.41, 5.74) is 0. The second kappa shape index (κ2) is 6.66. The molecular weight excluding hydrogens is 288 g/mol. The summed E-state index contributed by atoms with van der Waals surface area (Å²) in [5.74, 6) is 0. The lowest BCUT2D eigenvalue weighted by Gasteiger charge is -2.27. The highest BCUT2D eigenvalue weighted by molar-refractivity contribution is 6.91.